The number of nitrogens with two attached hydrogens (primary N) is 1. The number of hydrogen-bond acceptors (Lipinski definition) is 4. The molecule has 0 atom stereocenters. The van der Waals surface area contributed by atoms with E-state index in [0.717, 1.165) is 38.9 Å². The van der Waals surface area contributed by atoms with E-state index < -0.39 is 0 Å². The van der Waals surface area contributed by atoms with Gasteiger partial charge in [0.1, 0.15) is 12.1 Å². The van der Waals surface area contributed by atoms with Gasteiger partial charge in [-0.15, -0.1) is 0 Å². The number of nitrogens with zero attached hydrogens (tertiary/aromatic N) is 3. The molecule has 25 heavy (non-hydrogen) atoms. The summed E-state index contributed by atoms with van der Waals surface area (Å²) in [6.07, 6.45) is 3.25. The summed E-state index contributed by atoms with van der Waals surface area (Å²) in [5, 5.41) is 1.50. The molecule has 0 unspecified atom stereocenters. The minimum absolute atomic E-state index is 0.464. The molecule has 0 amide bonds. The number of anilines is 1. The predicted octanol–water partition coefficient (Wildman–Crippen LogP) is 4.90. The first-order chi connectivity index (χ1) is 12.1. The molecule has 0 aliphatic rings. The van der Waals surface area contributed by atoms with Gasteiger partial charge in [-0.05, 0) is 42.8 Å². The van der Waals surface area contributed by atoms with Crippen LogP contribution in [0.5, 0.6) is 0 Å². The Labute approximate surface area is 150 Å². The Morgan fingerprint density at radius 1 is 0.920 bits per heavy atom. The molecule has 0 radical (unpaired) electrons. The van der Waals surface area contributed by atoms with Crippen LogP contribution in [0.2, 0.25) is 5.02 Å². The monoisotopic (exact) mass is 346 g/mol. The van der Waals surface area contributed by atoms with E-state index in [4.69, 9.17) is 17.3 Å². The van der Waals surface area contributed by atoms with Crippen molar-refractivity contribution in [3.63, 3.8) is 0 Å². The van der Waals surface area contributed by atoms with Gasteiger partial charge < -0.3 is 5.73 Å². The highest BCUT2D eigenvalue weighted by Gasteiger charge is 2.13. The van der Waals surface area contributed by atoms with Crippen LogP contribution < -0.4 is 5.73 Å². The van der Waals surface area contributed by atoms with Crippen LogP contribution in [0, 0.1) is 6.92 Å². The minimum atomic E-state index is 0.464. The fourth-order valence-electron chi connectivity index (χ4n) is 2.92. The normalized spacial score (nSPS) is 11.0. The molecule has 0 aliphatic carbocycles. The van der Waals surface area contributed by atoms with Crippen LogP contribution in [0.3, 0.4) is 0 Å². The van der Waals surface area contributed by atoms with Gasteiger partial charge in [-0.1, -0.05) is 35.4 Å². The number of pyridine rings is 1. The van der Waals surface area contributed by atoms with Crippen LogP contribution in [-0.4, -0.2) is 15.0 Å². The molecule has 4 nitrogen and oxygen atoms in total. The molecule has 0 spiro atoms. The predicted molar refractivity (Wildman–Crippen MR) is 102 cm³/mol. The Morgan fingerprint density at radius 2 is 1.80 bits per heavy atom. The van der Waals surface area contributed by atoms with E-state index in [1.807, 2.05) is 55.5 Å². The highest BCUT2D eigenvalue weighted by Crippen LogP contribution is 2.36. The maximum atomic E-state index is 6.43. The van der Waals surface area contributed by atoms with E-state index >= 15 is 0 Å². The van der Waals surface area contributed by atoms with Gasteiger partial charge in [0.2, 0.25) is 0 Å². The van der Waals surface area contributed by atoms with Crippen molar-refractivity contribution in [3.8, 4) is 22.4 Å². The van der Waals surface area contributed by atoms with Crippen molar-refractivity contribution < 1.29 is 0 Å². The lowest BCUT2D eigenvalue weighted by Crippen LogP contribution is -1.94. The average molecular weight is 347 g/mol. The van der Waals surface area contributed by atoms with Gasteiger partial charge in [0, 0.05) is 27.7 Å². The third-order valence-electron chi connectivity index (χ3n) is 4.16. The lowest BCUT2D eigenvalue weighted by molar-refractivity contribution is 1.23. The van der Waals surface area contributed by atoms with E-state index in [1.165, 1.54) is 6.33 Å². The molecule has 0 fully saturated rings. The van der Waals surface area contributed by atoms with Crippen molar-refractivity contribution in [1.82, 2.24) is 15.0 Å². The van der Waals surface area contributed by atoms with Gasteiger partial charge in [-0.25, -0.2) is 9.97 Å². The summed E-state index contributed by atoms with van der Waals surface area (Å²) in [6.45, 7) is 2.04. The number of rotatable bonds is 2. The molecule has 2 N–H and O–H groups in total. The maximum Gasteiger partial charge on any atom is 0.134 e. The standard InChI is InChI=1S/C20H15ClN4/c1-12-4-6-17(21)15(9-12)19-14(3-2-8-23-19)13-5-7-18-16(10-13)20(22)25-11-24-18/h2-11H,1H3,(H2,22,24,25). The van der Waals surface area contributed by atoms with Crippen molar-refractivity contribution in [2.24, 2.45) is 0 Å². The van der Waals surface area contributed by atoms with Crippen molar-refractivity contribution in [2.45, 2.75) is 6.92 Å². The number of nitrogen functional groups attached to an aromatic ring is 1. The molecule has 0 bridgehead atoms. The molecule has 4 aromatic rings. The zero-order valence-corrected chi connectivity index (χ0v) is 14.3. The van der Waals surface area contributed by atoms with Crippen LogP contribution in [0.15, 0.2) is 61.1 Å². The average Bonchev–Trinajstić information content (AvgIpc) is 2.64. The summed E-state index contributed by atoms with van der Waals surface area (Å²) in [5.74, 6) is 0.464. The summed E-state index contributed by atoms with van der Waals surface area (Å²) < 4.78 is 0. The number of benzene rings is 2. The van der Waals surface area contributed by atoms with E-state index in [2.05, 4.69) is 15.0 Å². The van der Waals surface area contributed by atoms with Gasteiger partial charge in [0.05, 0.1) is 11.2 Å². The second-order valence-electron chi connectivity index (χ2n) is 5.87. The summed E-state index contributed by atoms with van der Waals surface area (Å²) in [4.78, 5) is 12.9. The SMILES string of the molecule is Cc1ccc(Cl)c(-c2ncccc2-c2ccc3ncnc(N)c3c2)c1. The van der Waals surface area contributed by atoms with Crippen LogP contribution in [-0.2, 0) is 0 Å². The Balaban J connectivity index is 1.96. The molecule has 2 aromatic heterocycles. The largest absolute Gasteiger partial charge is 0.383 e. The van der Waals surface area contributed by atoms with Crippen LogP contribution in [0.1, 0.15) is 5.56 Å². The number of halogens is 1. The summed E-state index contributed by atoms with van der Waals surface area (Å²) in [7, 11) is 0. The van der Waals surface area contributed by atoms with Crippen molar-refractivity contribution in [2.75, 3.05) is 5.73 Å². The van der Waals surface area contributed by atoms with Gasteiger partial charge in [-0.3, -0.25) is 4.98 Å². The van der Waals surface area contributed by atoms with Crippen LogP contribution in [0.4, 0.5) is 5.82 Å². The maximum absolute atomic E-state index is 6.43. The Hall–Kier alpha value is -2.98. The third-order valence-corrected chi connectivity index (χ3v) is 4.49. The first-order valence-electron chi connectivity index (χ1n) is 7.85. The molecule has 0 saturated carbocycles. The molecule has 0 aliphatic heterocycles. The quantitative estimate of drug-likeness (QED) is 0.560. The fourth-order valence-corrected chi connectivity index (χ4v) is 3.12. The number of hydrogen-bond donors (Lipinski definition) is 1. The topological polar surface area (TPSA) is 64.7 Å². The lowest BCUT2D eigenvalue weighted by Gasteiger charge is -2.12. The number of fused-ring (bicyclic) bond motifs is 1. The highest BCUT2D eigenvalue weighted by atomic mass is 35.5. The number of aromatic nitrogens is 3. The molecule has 4 rings (SSSR count). The van der Waals surface area contributed by atoms with Gasteiger partial charge in [0.25, 0.3) is 0 Å². The first-order valence-corrected chi connectivity index (χ1v) is 8.23. The van der Waals surface area contributed by atoms with Gasteiger partial charge >= 0.3 is 0 Å². The Bertz CT molecular complexity index is 1090. The minimum Gasteiger partial charge on any atom is -0.383 e. The Kier molecular flexibility index (Phi) is 3.82. The molecular formula is C20H15ClN4. The van der Waals surface area contributed by atoms with Crippen LogP contribution in [0.25, 0.3) is 33.3 Å². The molecule has 2 aromatic carbocycles. The second-order valence-corrected chi connectivity index (χ2v) is 6.28. The van der Waals surface area contributed by atoms with E-state index in [1.54, 1.807) is 6.20 Å². The van der Waals surface area contributed by atoms with Gasteiger partial charge in [-0.2, -0.15) is 0 Å². The lowest BCUT2D eigenvalue weighted by atomic mass is 9.97. The van der Waals surface area contributed by atoms with E-state index in [-0.39, 0.29) is 0 Å². The smallest absolute Gasteiger partial charge is 0.134 e. The van der Waals surface area contributed by atoms with E-state index in [0.29, 0.717) is 10.8 Å². The molecule has 122 valence electrons. The number of aryl methyl sites for hydroxylation is 1. The summed E-state index contributed by atoms with van der Waals surface area (Å²) in [6, 6.07) is 15.8. The third kappa shape index (κ3) is 2.81. The molecular weight excluding hydrogens is 332 g/mol. The highest BCUT2D eigenvalue weighted by molar-refractivity contribution is 6.33. The van der Waals surface area contributed by atoms with E-state index in [9.17, 15) is 0 Å². The van der Waals surface area contributed by atoms with Gasteiger partial charge in [0.15, 0.2) is 0 Å². The van der Waals surface area contributed by atoms with Crippen LogP contribution >= 0.6 is 11.6 Å². The fraction of sp³-hybridized carbons (Fsp3) is 0.0500. The summed E-state index contributed by atoms with van der Waals surface area (Å²) in [5.41, 5.74) is 11.7. The first kappa shape index (κ1) is 15.5. The van der Waals surface area contributed by atoms with Crippen molar-refractivity contribution >= 4 is 28.3 Å². The second kappa shape index (κ2) is 6.15. The zero-order chi connectivity index (χ0) is 17.4. The molecule has 0 saturated heterocycles. The zero-order valence-electron chi connectivity index (χ0n) is 13.6. The Morgan fingerprint density at radius 3 is 2.68 bits per heavy atom. The molecule has 2 heterocycles. The van der Waals surface area contributed by atoms with Crippen molar-refractivity contribution in [3.05, 3.63) is 71.6 Å². The van der Waals surface area contributed by atoms with Crippen molar-refractivity contribution in [1.29, 1.82) is 0 Å². The summed E-state index contributed by atoms with van der Waals surface area (Å²) >= 11 is 6.43. The molecule has 5 heteroatoms.